The van der Waals surface area contributed by atoms with Gasteiger partial charge in [-0.2, -0.15) is 0 Å². The van der Waals surface area contributed by atoms with Gasteiger partial charge < -0.3 is 0 Å². The molecule has 0 amide bonds. The minimum absolute atomic E-state index is 0.292. The van der Waals surface area contributed by atoms with E-state index in [2.05, 4.69) is 10.3 Å². The van der Waals surface area contributed by atoms with E-state index < -0.39 is 0 Å². The predicted octanol–water partition coefficient (Wildman–Crippen LogP) is 3.38. The highest BCUT2D eigenvalue weighted by Crippen LogP contribution is 2.21. The Morgan fingerprint density at radius 3 is 2.53 bits per heavy atom. The highest BCUT2D eigenvalue weighted by atomic mass is 19.1. The molecule has 3 rings (SSSR count). The summed E-state index contributed by atoms with van der Waals surface area (Å²) in [6.07, 6.45) is 1.74. The molecule has 0 aliphatic heterocycles. The Morgan fingerprint density at radius 1 is 1.00 bits per heavy atom. The standard InChI is InChI=1S/C15H12FN3/c1-11-6-2-5-9-15(11)19-10-14(17-18-19)12-7-3-4-8-13(12)16/h2-10H,1H3. The molecule has 0 radical (unpaired) electrons. The summed E-state index contributed by atoms with van der Waals surface area (Å²) in [4.78, 5) is 0. The van der Waals surface area contributed by atoms with Gasteiger partial charge in [-0.3, -0.25) is 0 Å². The number of aryl methyl sites for hydroxylation is 1. The molecule has 0 aliphatic rings. The fraction of sp³-hybridized carbons (Fsp3) is 0.0667. The summed E-state index contributed by atoms with van der Waals surface area (Å²) in [6, 6.07) is 14.4. The molecule has 94 valence electrons. The number of rotatable bonds is 2. The zero-order valence-corrected chi connectivity index (χ0v) is 10.4. The Balaban J connectivity index is 2.06. The number of benzene rings is 2. The van der Waals surface area contributed by atoms with E-state index in [0.717, 1.165) is 11.3 Å². The minimum atomic E-state index is -0.292. The van der Waals surface area contributed by atoms with E-state index in [1.807, 2.05) is 31.2 Å². The Kier molecular flexibility index (Phi) is 2.83. The van der Waals surface area contributed by atoms with Crippen molar-refractivity contribution < 1.29 is 4.39 Å². The SMILES string of the molecule is Cc1ccccc1-n1cc(-c2ccccc2F)nn1. The normalized spacial score (nSPS) is 10.6. The van der Waals surface area contributed by atoms with E-state index in [9.17, 15) is 4.39 Å². The molecule has 0 N–H and O–H groups in total. The molecule has 3 nitrogen and oxygen atoms in total. The molecule has 4 heteroatoms. The van der Waals surface area contributed by atoms with Crippen LogP contribution >= 0.6 is 0 Å². The third-order valence-corrected chi connectivity index (χ3v) is 3.01. The molecule has 0 saturated carbocycles. The fourth-order valence-corrected chi connectivity index (χ4v) is 1.99. The Morgan fingerprint density at radius 2 is 1.74 bits per heavy atom. The largest absolute Gasteiger partial charge is 0.220 e. The molecule has 19 heavy (non-hydrogen) atoms. The highest BCUT2D eigenvalue weighted by molar-refractivity contribution is 5.59. The van der Waals surface area contributed by atoms with Gasteiger partial charge in [-0.1, -0.05) is 35.5 Å². The Hall–Kier alpha value is -2.49. The van der Waals surface area contributed by atoms with Crippen LogP contribution < -0.4 is 0 Å². The van der Waals surface area contributed by atoms with Crippen molar-refractivity contribution in [1.29, 1.82) is 0 Å². The summed E-state index contributed by atoms with van der Waals surface area (Å²) in [5.41, 5.74) is 3.02. The quantitative estimate of drug-likeness (QED) is 0.701. The second-order valence-corrected chi connectivity index (χ2v) is 4.31. The second-order valence-electron chi connectivity index (χ2n) is 4.31. The molecule has 1 heterocycles. The third kappa shape index (κ3) is 2.12. The molecule has 0 bridgehead atoms. The van der Waals surface area contributed by atoms with E-state index in [1.165, 1.54) is 6.07 Å². The van der Waals surface area contributed by atoms with Crippen LogP contribution in [0, 0.1) is 12.7 Å². The van der Waals surface area contributed by atoms with Crippen molar-refractivity contribution in [2.75, 3.05) is 0 Å². The van der Waals surface area contributed by atoms with Crippen molar-refractivity contribution in [3.05, 3.63) is 66.1 Å². The fourth-order valence-electron chi connectivity index (χ4n) is 1.99. The van der Waals surface area contributed by atoms with Crippen molar-refractivity contribution in [2.24, 2.45) is 0 Å². The molecule has 3 aromatic rings. The van der Waals surface area contributed by atoms with Gasteiger partial charge in [0, 0.05) is 5.56 Å². The van der Waals surface area contributed by atoms with Crippen LogP contribution in [0.3, 0.4) is 0 Å². The van der Waals surface area contributed by atoms with Crippen molar-refractivity contribution in [2.45, 2.75) is 6.92 Å². The van der Waals surface area contributed by atoms with Gasteiger partial charge in [0.05, 0.1) is 11.9 Å². The number of para-hydroxylation sites is 1. The summed E-state index contributed by atoms with van der Waals surface area (Å²) in [7, 11) is 0. The van der Waals surface area contributed by atoms with Crippen LogP contribution in [0.5, 0.6) is 0 Å². The predicted molar refractivity (Wildman–Crippen MR) is 71.5 cm³/mol. The van der Waals surface area contributed by atoms with Crippen LogP contribution in [-0.2, 0) is 0 Å². The summed E-state index contributed by atoms with van der Waals surface area (Å²) in [5, 5.41) is 8.10. The first kappa shape index (κ1) is 11.6. The van der Waals surface area contributed by atoms with Gasteiger partial charge >= 0.3 is 0 Å². The van der Waals surface area contributed by atoms with Crippen molar-refractivity contribution in [3.8, 4) is 16.9 Å². The van der Waals surface area contributed by atoms with Crippen LogP contribution in [0.1, 0.15) is 5.56 Å². The highest BCUT2D eigenvalue weighted by Gasteiger charge is 2.10. The van der Waals surface area contributed by atoms with Crippen LogP contribution in [0.25, 0.3) is 16.9 Å². The summed E-state index contributed by atoms with van der Waals surface area (Å²) < 4.78 is 15.4. The number of hydrogen-bond acceptors (Lipinski definition) is 2. The number of aromatic nitrogens is 3. The zero-order valence-electron chi connectivity index (χ0n) is 10.4. The van der Waals surface area contributed by atoms with E-state index in [0.29, 0.717) is 11.3 Å². The topological polar surface area (TPSA) is 30.7 Å². The number of hydrogen-bond donors (Lipinski definition) is 0. The van der Waals surface area contributed by atoms with E-state index in [4.69, 9.17) is 0 Å². The molecule has 0 fully saturated rings. The van der Waals surface area contributed by atoms with E-state index >= 15 is 0 Å². The molecule has 0 atom stereocenters. The zero-order chi connectivity index (χ0) is 13.2. The second kappa shape index (κ2) is 4.65. The Labute approximate surface area is 110 Å². The first-order valence-corrected chi connectivity index (χ1v) is 5.99. The lowest BCUT2D eigenvalue weighted by Gasteiger charge is -2.03. The van der Waals surface area contributed by atoms with Gasteiger partial charge in [0.15, 0.2) is 0 Å². The van der Waals surface area contributed by atoms with Crippen LogP contribution in [0.2, 0.25) is 0 Å². The molecular weight excluding hydrogens is 241 g/mol. The van der Waals surface area contributed by atoms with Gasteiger partial charge in [-0.25, -0.2) is 9.07 Å². The molecule has 0 saturated heterocycles. The minimum Gasteiger partial charge on any atom is -0.220 e. The summed E-state index contributed by atoms with van der Waals surface area (Å²) >= 11 is 0. The summed E-state index contributed by atoms with van der Waals surface area (Å²) in [5.74, 6) is -0.292. The molecule has 0 unspecified atom stereocenters. The van der Waals surface area contributed by atoms with Crippen molar-refractivity contribution in [1.82, 2.24) is 15.0 Å². The van der Waals surface area contributed by atoms with Gasteiger partial charge in [-0.15, -0.1) is 5.10 Å². The molecule has 0 aliphatic carbocycles. The van der Waals surface area contributed by atoms with E-state index in [-0.39, 0.29) is 5.82 Å². The van der Waals surface area contributed by atoms with Crippen LogP contribution in [0.4, 0.5) is 4.39 Å². The van der Waals surface area contributed by atoms with Crippen LogP contribution in [-0.4, -0.2) is 15.0 Å². The average molecular weight is 253 g/mol. The lowest BCUT2D eigenvalue weighted by atomic mass is 10.1. The maximum Gasteiger partial charge on any atom is 0.132 e. The first-order valence-electron chi connectivity index (χ1n) is 5.99. The number of nitrogens with zero attached hydrogens (tertiary/aromatic N) is 3. The van der Waals surface area contributed by atoms with Gasteiger partial charge in [-0.05, 0) is 30.7 Å². The van der Waals surface area contributed by atoms with Crippen molar-refractivity contribution >= 4 is 0 Å². The van der Waals surface area contributed by atoms with Crippen molar-refractivity contribution in [3.63, 3.8) is 0 Å². The number of halogens is 1. The van der Waals surface area contributed by atoms with Gasteiger partial charge in [0.25, 0.3) is 0 Å². The van der Waals surface area contributed by atoms with E-state index in [1.54, 1.807) is 29.1 Å². The lowest BCUT2D eigenvalue weighted by molar-refractivity contribution is 0.630. The third-order valence-electron chi connectivity index (χ3n) is 3.01. The maximum absolute atomic E-state index is 13.7. The molecular formula is C15H12FN3. The maximum atomic E-state index is 13.7. The summed E-state index contributed by atoms with van der Waals surface area (Å²) in [6.45, 7) is 2.00. The monoisotopic (exact) mass is 253 g/mol. The molecule has 2 aromatic carbocycles. The average Bonchev–Trinajstić information content (AvgIpc) is 2.89. The molecule has 0 spiro atoms. The van der Waals surface area contributed by atoms with Crippen LogP contribution in [0.15, 0.2) is 54.7 Å². The lowest BCUT2D eigenvalue weighted by Crippen LogP contribution is -1.96. The van der Waals surface area contributed by atoms with Gasteiger partial charge in [0.1, 0.15) is 11.5 Å². The molecule has 1 aromatic heterocycles. The van der Waals surface area contributed by atoms with Gasteiger partial charge in [0.2, 0.25) is 0 Å². The first-order chi connectivity index (χ1) is 9.25. The Bertz CT molecular complexity index is 659. The smallest absolute Gasteiger partial charge is 0.132 e.